The number of hydrogen-bond donors (Lipinski definition) is 1. The average Bonchev–Trinajstić information content (AvgIpc) is 2.96. The van der Waals surface area contributed by atoms with Crippen molar-refractivity contribution in [1.29, 1.82) is 0 Å². The number of furan rings is 1. The number of thioether (sulfide) groups is 1. The summed E-state index contributed by atoms with van der Waals surface area (Å²) in [6.45, 7) is 1.94. The van der Waals surface area contributed by atoms with Crippen molar-refractivity contribution in [2.45, 2.75) is 12.3 Å². The molecule has 0 aliphatic heterocycles. The van der Waals surface area contributed by atoms with Gasteiger partial charge >= 0.3 is 0 Å². The van der Waals surface area contributed by atoms with Crippen LogP contribution in [0.3, 0.4) is 0 Å². The molecule has 2 aromatic heterocycles. The van der Waals surface area contributed by atoms with Crippen LogP contribution >= 0.6 is 35.5 Å². The van der Waals surface area contributed by atoms with Crippen molar-refractivity contribution in [2.24, 2.45) is 0 Å². The van der Waals surface area contributed by atoms with Crippen LogP contribution in [0.25, 0.3) is 0 Å². The largest absolute Gasteiger partial charge is 0.472 e. The Kier molecular flexibility index (Phi) is 7.44. The average molecular weight is 290 g/mol. The zero-order valence-electron chi connectivity index (χ0n) is 9.43. The van der Waals surface area contributed by atoms with Gasteiger partial charge in [0.25, 0.3) is 0 Å². The third-order valence-electron chi connectivity index (χ3n) is 2.18. The summed E-state index contributed by atoms with van der Waals surface area (Å²) in [5, 5.41) is 7.74. The summed E-state index contributed by atoms with van der Waals surface area (Å²) in [5.41, 5.74) is 2.65. The molecule has 1 N–H and O–H groups in total. The van der Waals surface area contributed by atoms with Gasteiger partial charge in [0.1, 0.15) is 0 Å². The highest BCUT2D eigenvalue weighted by molar-refractivity contribution is 7.98. The lowest BCUT2D eigenvalue weighted by atomic mass is 10.3. The maximum Gasteiger partial charge on any atom is 0.0947 e. The van der Waals surface area contributed by atoms with E-state index in [9.17, 15) is 0 Å². The van der Waals surface area contributed by atoms with Gasteiger partial charge in [-0.25, -0.2) is 0 Å². The van der Waals surface area contributed by atoms with E-state index in [1.165, 1.54) is 11.1 Å². The molecular weight excluding hydrogens is 274 g/mol. The number of thiophene rings is 1. The Hall–Kier alpha value is -0.420. The van der Waals surface area contributed by atoms with Crippen LogP contribution in [0.2, 0.25) is 0 Å². The van der Waals surface area contributed by atoms with Crippen LogP contribution in [0.15, 0.2) is 39.8 Å². The monoisotopic (exact) mass is 289 g/mol. The van der Waals surface area contributed by atoms with E-state index in [1.54, 1.807) is 23.9 Å². The number of rotatable bonds is 7. The minimum Gasteiger partial charge on any atom is -0.472 e. The Morgan fingerprint density at radius 1 is 1.29 bits per heavy atom. The first-order chi connectivity index (χ1) is 7.95. The maximum absolute atomic E-state index is 5.00. The Morgan fingerprint density at radius 2 is 2.24 bits per heavy atom. The zero-order chi connectivity index (χ0) is 11.1. The fourth-order valence-corrected chi connectivity index (χ4v) is 2.96. The molecule has 0 unspecified atom stereocenters. The van der Waals surface area contributed by atoms with Gasteiger partial charge in [-0.15, -0.1) is 12.4 Å². The fourth-order valence-electron chi connectivity index (χ4n) is 1.34. The molecule has 0 saturated heterocycles. The lowest BCUT2D eigenvalue weighted by molar-refractivity contribution is 0.561. The number of nitrogens with one attached hydrogen (secondary N) is 1. The third kappa shape index (κ3) is 5.64. The van der Waals surface area contributed by atoms with Crippen molar-refractivity contribution in [3.8, 4) is 0 Å². The SMILES string of the molecule is Cl.c1cc(CNCCSCc2ccsc2)co1. The second kappa shape index (κ2) is 8.64. The Morgan fingerprint density at radius 3 is 2.94 bits per heavy atom. The van der Waals surface area contributed by atoms with Gasteiger partial charge in [-0.1, -0.05) is 0 Å². The van der Waals surface area contributed by atoms with Gasteiger partial charge in [-0.3, -0.25) is 0 Å². The molecule has 0 bridgehead atoms. The second-order valence-corrected chi connectivity index (χ2v) is 5.38. The van der Waals surface area contributed by atoms with Gasteiger partial charge in [0.2, 0.25) is 0 Å². The molecule has 0 saturated carbocycles. The zero-order valence-corrected chi connectivity index (χ0v) is 11.9. The van der Waals surface area contributed by atoms with Crippen LogP contribution in [0.1, 0.15) is 11.1 Å². The summed E-state index contributed by atoms with van der Waals surface area (Å²) in [6.07, 6.45) is 3.49. The molecule has 94 valence electrons. The first-order valence-corrected chi connectivity index (χ1v) is 7.35. The molecule has 0 amide bonds. The van der Waals surface area contributed by atoms with Crippen molar-refractivity contribution in [2.75, 3.05) is 12.3 Å². The summed E-state index contributed by atoms with van der Waals surface area (Å²) in [5.74, 6) is 2.27. The molecule has 2 heterocycles. The van der Waals surface area contributed by atoms with Gasteiger partial charge in [0.15, 0.2) is 0 Å². The Labute approximate surface area is 116 Å². The fraction of sp³-hybridized carbons (Fsp3) is 0.333. The summed E-state index contributed by atoms with van der Waals surface area (Å²) < 4.78 is 5.00. The molecule has 2 aromatic rings. The first kappa shape index (κ1) is 14.6. The highest BCUT2D eigenvalue weighted by Crippen LogP contribution is 2.14. The minimum atomic E-state index is 0. The molecular formula is C12H16ClNOS2. The van der Waals surface area contributed by atoms with Crippen LogP contribution in [0, 0.1) is 0 Å². The Bertz CT molecular complexity index is 337. The van der Waals surface area contributed by atoms with E-state index >= 15 is 0 Å². The van der Waals surface area contributed by atoms with E-state index in [4.69, 9.17) is 4.42 Å². The number of halogens is 1. The van der Waals surface area contributed by atoms with Crippen LogP contribution in [-0.2, 0) is 12.3 Å². The molecule has 0 atom stereocenters. The predicted octanol–water partition coefficient (Wildman–Crippen LogP) is 3.79. The minimum absolute atomic E-state index is 0. The van der Waals surface area contributed by atoms with Crippen molar-refractivity contribution in [3.63, 3.8) is 0 Å². The molecule has 2 nitrogen and oxygen atoms in total. The molecule has 5 heteroatoms. The van der Waals surface area contributed by atoms with Crippen LogP contribution in [0.4, 0.5) is 0 Å². The van der Waals surface area contributed by atoms with Crippen LogP contribution in [0.5, 0.6) is 0 Å². The van der Waals surface area contributed by atoms with Gasteiger partial charge < -0.3 is 9.73 Å². The summed E-state index contributed by atoms with van der Waals surface area (Å²) in [6, 6.07) is 4.18. The van der Waals surface area contributed by atoms with E-state index in [0.717, 1.165) is 24.6 Å². The van der Waals surface area contributed by atoms with Crippen molar-refractivity contribution in [3.05, 3.63) is 46.5 Å². The molecule has 0 spiro atoms. The Balaban J connectivity index is 0.00000144. The highest BCUT2D eigenvalue weighted by atomic mass is 35.5. The lowest BCUT2D eigenvalue weighted by Gasteiger charge is -2.02. The van der Waals surface area contributed by atoms with Gasteiger partial charge in [0, 0.05) is 30.2 Å². The van der Waals surface area contributed by atoms with Gasteiger partial charge in [-0.2, -0.15) is 23.1 Å². The normalized spacial score (nSPS) is 10.1. The smallest absolute Gasteiger partial charge is 0.0947 e. The van der Waals surface area contributed by atoms with Gasteiger partial charge in [-0.05, 0) is 28.5 Å². The maximum atomic E-state index is 5.00. The number of hydrogen-bond acceptors (Lipinski definition) is 4. The van der Waals surface area contributed by atoms with Crippen molar-refractivity contribution < 1.29 is 4.42 Å². The van der Waals surface area contributed by atoms with Crippen molar-refractivity contribution in [1.82, 2.24) is 5.32 Å². The van der Waals surface area contributed by atoms with E-state index in [-0.39, 0.29) is 12.4 Å². The van der Waals surface area contributed by atoms with E-state index in [2.05, 4.69) is 22.1 Å². The molecule has 17 heavy (non-hydrogen) atoms. The van der Waals surface area contributed by atoms with Crippen LogP contribution < -0.4 is 5.32 Å². The second-order valence-electron chi connectivity index (χ2n) is 3.49. The van der Waals surface area contributed by atoms with E-state index in [1.807, 2.05) is 17.8 Å². The topological polar surface area (TPSA) is 25.2 Å². The quantitative estimate of drug-likeness (QED) is 0.785. The lowest BCUT2D eigenvalue weighted by Crippen LogP contribution is -2.16. The molecule has 2 rings (SSSR count). The molecule has 0 aliphatic rings. The summed E-state index contributed by atoms with van der Waals surface area (Å²) in [7, 11) is 0. The summed E-state index contributed by atoms with van der Waals surface area (Å²) >= 11 is 3.74. The van der Waals surface area contributed by atoms with Crippen molar-refractivity contribution >= 4 is 35.5 Å². The standard InChI is InChI=1S/C12H15NOS2.ClH/c1-4-14-8-11(1)7-13-3-6-16-10-12-2-5-15-9-12;/h1-2,4-5,8-9,13H,3,6-7,10H2;1H. The molecule has 0 fully saturated rings. The molecule has 0 radical (unpaired) electrons. The van der Waals surface area contributed by atoms with E-state index in [0.29, 0.717) is 0 Å². The third-order valence-corrected chi connectivity index (χ3v) is 3.94. The predicted molar refractivity (Wildman–Crippen MR) is 78.1 cm³/mol. The summed E-state index contributed by atoms with van der Waals surface area (Å²) in [4.78, 5) is 0. The van der Waals surface area contributed by atoms with E-state index < -0.39 is 0 Å². The molecule has 0 aliphatic carbocycles. The van der Waals surface area contributed by atoms with Gasteiger partial charge in [0.05, 0.1) is 12.5 Å². The highest BCUT2D eigenvalue weighted by Gasteiger charge is 1.95. The molecule has 0 aromatic carbocycles. The first-order valence-electron chi connectivity index (χ1n) is 5.26. The van der Waals surface area contributed by atoms with Crippen LogP contribution in [-0.4, -0.2) is 12.3 Å².